The van der Waals surface area contributed by atoms with Gasteiger partial charge < -0.3 is 20.1 Å². The molecular weight excluding hydrogens is 292 g/mol. The lowest BCUT2D eigenvalue weighted by Gasteiger charge is -2.23. The zero-order valence-corrected chi connectivity index (χ0v) is 12.9. The highest BCUT2D eigenvalue weighted by Crippen LogP contribution is 2.28. The molecule has 1 saturated heterocycles. The Balaban J connectivity index is 1.88. The highest BCUT2D eigenvalue weighted by atomic mass is 35.5. The van der Waals surface area contributed by atoms with Crippen LogP contribution in [0.3, 0.4) is 0 Å². The van der Waals surface area contributed by atoms with E-state index in [-0.39, 0.29) is 18.6 Å². The summed E-state index contributed by atoms with van der Waals surface area (Å²) in [5.74, 6) is 0.438. The maximum absolute atomic E-state index is 11.9. The molecule has 2 N–H and O–H groups in total. The van der Waals surface area contributed by atoms with E-state index in [9.17, 15) is 4.79 Å². The van der Waals surface area contributed by atoms with Crippen molar-refractivity contribution in [1.29, 1.82) is 0 Å². The third-order valence-electron chi connectivity index (χ3n) is 3.35. The first-order chi connectivity index (χ1) is 10.2. The van der Waals surface area contributed by atoms with Crippen LogP contribution in [0.2, 0.25) is 5.02 Å². The summed E-state index contributed by atoms with van der Waals surface area (Å²) in [6.07, 6.45) is 1.70. The number of carbonyl (C=O) groups excluding carboxylic acids is 1. The average Bonchev–Trinajstić information content (AvgIpc) is 2.48. The predicted molar refractivity (Wildman–Crippen MR) is 81.7 cm³/mol. The fourth-order valence-corrected chi connectivity index (χ4v) is 2.54. The zero-order chi connectivity index (χ0) is 15.1. The van der Waals surface area contributed by atoms with Crippen molar-refractivity contribution in [2.75, 3.05) is 26.9 Å². The monoisotopic (exact) mass is 312 g/mol. The van der Waals surface area contributed by atoms with E-state index < -0.39 is 0 Å². The Bertz CT molecular complexity index is 476. The SMILES string of the molecule is CNCc1cccc(Cl)c1OCC(=O)NC1CCOCC1. The normalized spacial score (nSPS) is 15.7. The van der Waals surface area contributed by atoms with Crippen molar-refractivity contribution < 1.29 is 14.3 Å². The quantitative estimate of drug-likeness (QED) is 0.840. The van der Waals surface area contributed by atoms with E-state index in [2.05, 4.69) is 10.6 Å². The van der Waals surface area contributed by atoms with Crippen LogP contribution in [0.1, 0.15) is 18.4 Å². The van der Waals surface area contributed by atoms with Gasteiger partial charge in [0.15, 0.2) is 6.61 Å². The molecule has 0 atom stereocenters. The summed E-state index contributed by atoms with van der Waals surface area (Å²) in [5, 5.41) is 6.52. The maximum atomic E-state index is 11.9. The smallest absolute Gasteiger partial charge is 0.258 e. The van der Waals surface area contributed by atoms with Gasteiger partial charge in [-0.15, -0.1) is 0 Å². The van der Waals surface area contributed by atoms with Crippen molar-refractivity contribution in [2.45, 2.75) is 25.4 Å². The lowest BCUT2D eigenvalue weighted by atomic mass is 10.1. The molecule has 116 valence electrons. The summed E-state index contributed by atoms with van der Waals surface area (Å²) in [7, 11) is 1.85. The van der Waals surface area contributed by atoms with Gasteiger partial charge in [0.25, 0.3) is 5.91 Å². The Labute approximate surface area is 130 Å². The number of benzene rings is 1. The standard InChI is InChI=1S/C15H21ClN2O3/c1-17-9-11-3-2-4-13(16)15(11)21-10-14(19)18-12-5-7-20-8-6-12/h2-4,12,17H,5-10H2,1H3,(H,18,19). The van der Waals surface area contributed by atoms with Crippen LogP contribution in [0.25, 0.3) is 0 Å². The van der Waals surface area contributed by atoms with Gasteiger partial charge in [-0.2, -0.15) is 0 Å². The molecule has 0 aromatic heterocycles. The highest BCUT2D eigenvalue weighted by Gasteiger charge is 2.17. The molecule has 1 aliphatic heterocycles. The van der Waals surface area contributed by atoms with Crippen LogP contribution in [0, 0.1) is 0 Å². The Morgan fingerprint density at radius 1 is 1.43 bits per heavy atom. The second kappa shape index (κ2) is 8.22. The third-order valence-corrected chi connectivity index (χ3v) is 3.65. The number of para-hydroxylation sites is 1. The number of halogens is 1. The van der Waals surface area contributed by atoms with E-state index in [1.165, 1.54) is 0 Å². The first-order valence-corrected chi connectivity index (χ1v) is 7.50. The van der Waals surface area contributed by atoms with E-state index in [1.54, 1.807) is 6.07 Å². The second-order valence-electron chi connectivity index (χ2n) is 5.00. The molecule has 1 aromatic rings. The van der Waals surface area contributed by atoms with Crippen LogP contribution >= 0.6 is 11.6 Å². The van der Waals surface area contributed by atoms with Gasteiger partial charge >= 0.3 is 0 Å². The minimum absolute atomic E-state index is 0.0300. The van der Waals surface area contributed by atoms with Crippen LogP contribution in [0.4, 0.5) is 0 Å². The van der Waals surface area contributed by atoms with Gasteiger partial charge in [0.1, 0.15) is 5.75 Å². The predicted octanol–water partition coefficient (Wildman–Crippen LogP) is 1.73. The van der Waals surface area contributed by atoms with Crippen molar-refractivity contribution in [3.63, 3.8) is 0 Å². The zero-order valence-electron chi connectivity index (χ0n) is 12.2. The summed E-state index contributed by atoms with van der Waals surface area (Å²) in [4.78, 5) is 11.9. The van der Waals surface area contributed by atoms with Crippen LogP contribution in [-0.4, -0.2) is 38.8 Å². The number of hydrogen-bond donors (Lipinski definition) is 2. The Hall–Kier alpha value is -1.30. The Kier molecular flexibility index (Phi) is 6.29. The summed E-state index contributed by atoms with van der Waals surface area (Å²) in [5.41, 5.74) is 0.934. The van der Waals surface area contributed by atoms with Gasteiger partial charge in [0.05, 0.1) is 5.02 Å². The molecular formula is C15H21ClN2O3. The van der Waals surface area contributed by atoms with Crippen molar-refractivity contribution in [1.82, 2.24) is 10.6 Å². The lowest BCUT2D eigenvalue weighted by molar-refractivity contribution is -0.124. The van der Waals surface area contributed by atoms with E-state index in [4.69, 9.17) is 21.1 Å². The first-order valence-electron chi connectivity index (χ1n) is 7.12. The van der Waals surface area contributed by atoms with Gasteiger partial charge in [-0.05, 0) is 26.0 Å². The Morgan fingerprint density at radius 3 is 2.90 bits per heavy atom. The molecule has 0 unspecified atom stereocenters. The topological polar surface area (TPSA) is 59.6 Å². The molecule has 0 aliphatic carbocycles. The molecule has 2 rings (SSSR count). The van der Waals surface area contributed by atoms with E-state index in [0.717, 1.165) is 18.4 Å². The van der Waals surface area contributed by atoms with Crippen LogP contribution in [-0.2, 0) is 16.1 Å². The number of hydrogen-bond acceptors (Lipinski definition) is 4. The molecule has 1 aromatic carbocycles. The minimum Gasteiger partial charge on any atom is -0.482 e. The van der Waals surface area contributed by atoms with Crippen molar-refractivity contribution in [3.8, 4) is 5.75 Å². The third kappa shape index (κ3) is 4.88. The summed E-state index contributed by atoms with van der Waals surface area (Å²) in [6, 6.07) is 5.72. The molecule has 1 heterocycles. The summed E-state index contributed by atoms with van der Waals surface area (Å²) in [6.45, 7) is 2.00. The number of rotatable bonds is 6. The molecule has 21 heavy (non-hydrogen) atoms. The number of nitrogens with one attached hydrogen (secondary N) is 2. The van der Waals surface area contributed by atoms with Gasteiger partial charge in [0.2, 0.25) is 0 Å². The minimum atomic E-state index is -0.128. The van der Waals surface area contributed by atoms with Crippen LogP contribution in [0.15, 0.2) is 18.2 Å². The van der Waals surface area contributed by atoms with Crippen LogP contribution in [0.5, 0.6) is 5.75 Å². The van der Waals surface area contributed by atoms with Crippen molar-refractivity contribution >= 4 is 17.5 Å². The van der Waals surface area contributed by atoms with E-state index >= 15 is 0 Å². The number of carbonyl (C=O) groups is 1. The van der Waals surface area contributed by atoms with Gasteiger partial charge in [-0.1, -0.05) is 23.7 Å². The molecule has 1 fully saturated rings. The molecule has 0 bridgehead atoms. The van der Waals surface area contributed by atoms with E-state index in [0.29, 0.717) is 30.5 Å². The Morgan fingerprint density at radius 2 is 2.19 bits per heavy atom. The van der Waals surface area contributed by atoms with Crippen LogP contribution < -0.4 is 15.4 Å². The number of ether oxygens (including phenoxy) is 2. The molecule has 1 aliphatic rings. The molecule has 1 amide bonds. The van der Waals surface area contributed by atoms with Gasteiger partial charge in [0, 0.05) is 31.4 Å². The lowest BCUT2D eigenvalue weighted by Crippen LogP contribution is -2.41. The van der Waals surface area contributed by atoms with E-state index in [1.807, 2.05) is 19.2 Å². The molecule has 0 spiro atoms. The van der Waals surface area contributed by atoms with Crippen molar-refractivity contribution in [3.05, 3.63) is 28.8 Å². The van der Waals surface area contributed by atoms with Gasteiger partial charge in [-0.25, -0.2) is 0 Å². The first kappa shape index (κ1) is 16.1. The second-order valence-corrected chi connectivity index (χ2v) is 5.41. The molecule has 6 heteroatoms. The van der Waals surface area contributed by atoms with Crippen molar-refractivity contribution in [2.24, 2.45) is 0 Å². The largest absolute Gasteiger partial charge is 0.482 e. The summed E-state index contributed by atoms with van der Waals surface area (Å²) < 4.78 is 10.9. The van der Waals surface area contributed by atoms with Gasteiger partial charge in [-0.3, -0.25) is 4.79 Å². The maximum Gasteiger partial charge on any atom is 0.258 e. The molecule has 5 nitrogen and oxygen atoms in total. The number of amides is 1. The summed E-state index contributed by atoms with van der Waals surface area (Å²) >= 11 is 6.14. The fourth-order valence-electron chi connectivity index (χ4n) is 2.29. The molecule has 0 radical (unpaired) electrons. The average molecular weight is 313 g/mol. The fraction of sp³-hybridized carbons (Fsp3) is 0.533. The highest BCUT2D eigenvalue weighted by molar-refractivity contribution is 6.32. The molecule has 0 saturated carbocycles.